The summed E-state index contributed by atoms with van der Waals surface area (Å²) in [6, 6.07) is 5.77. The molecule has 0 spiro atoms. The number of aryl methyl sites for hydroxylation is 1. The molecule has 0 aromatic carbocycles. The summed E-state index contributed by atoms with van der Waals surface area (Å²) in [6.07, 6.45) is 3.60. The second-order valence-electron chi connectivity index (χ2n) is 7.59. The molecule has 9 heteroatoms. The molecule has 0 radical (unpaired) electrons. The maximum atomic E-state index is 12.0. The average molecular weight is 397 g/mol. The van der Waals surface area contributed by atoms with Gasteiger partial charge in [-0.2, -0.15) is 5.10 Å². The standard InChI is InChI=1S/C20H23N5O4/c1-11-18(20(24-29-11)28-16-10-21-9-15(16)27-2)13-5-6-25-14(7-13)8-17(23-25)22-19(26)12-3-4-12/h5-8,12,15-16,21H,3-4,9-10H2,1-2H3,(H,22,23,26)/t15-,16+/m0/s1. The van der Waals surface area contributed by atoms with Crippen LogP contribution in [0.25, 0.3) is 16.6 Å². The first-order valence-electron chi connectivity index (χ1n) is 9.79. The number of carbonyl (C=O) groups is 1. The number of amides is 1. The smallest absolute Gasteiger partial charge is 0.262 e. The summed E-state index contributed by atoms with van der Waals surface area (Å²) in [5, 5.41) is 14.7. The number of carbonyl (C=O) groups excluding carboxylic acids is 1. The van der Waals surface area contributed by atoms with E-state index in [9.17, 15) is 4.79 Å². The van der Waals surface area contributed by atoms with Gasteiger partial charge in [-0.15, -0.1) is 0 Å². The number of nitrogens with zero attached hydrogens (tertiary/aromatic N) is 3. The lowest BCUT2D eigenvalue weighted by atomic mass is 10.1. The zero-order valence-electron chi connectivity index (χ0n) is 16.3. The predicted octanol–water partition coefficient (Wildman–Crippen LogP) is 2.01. The van der Waals surface area contributed by atoms with Crippen molar-refractivity contribution in [3.63, 3.8) is 0 Å². The summed E-state index contributed by atoms with van der Waals surface area (Å²) >= 11 is 0. The van der Waals surface area contributed by atoms with E-state index >= 15 is 0 Å². The highest BCUT2D eigenvalue weighted by atomic mass is 16.6. The van der Waals surface area contributed by atoms with Gasteiger partial charge < -0.3 is 24.6 Å². The first-order valence-corrected chi connectivity index (χ1v) is 9.79. The monoisotopic (exact) mass is 397 g/mol. The fourth-order valence-electron chi connectivity index (χ4n) is 3.67. The van der Waals surface area contributed by atoms with Gasteiger partial charge in [0.2, 0.25) is 5.91 Å². The lowest BCUT2D eigenvalue weighted by Gasteiger charge is -2.17. The molecule has 152 valence electrons. The van der Waals surface area contributed by atoms with Gasteiger partial charge in [0.25, 0.3) is 5.88 Å². The molecule has 2 N–H and O–H groups in total. The third kappa shape index (κ3) is 3.47. The van der Waals surface area contributed by atoms with Crippen molar-refractivity contribution in [3.8, 4) is 17.0 Å². The molecule has 3 aromatic heterocycles. The number of hydrogen-bond acceptors (Lipinski definition) is 7. The number of aromatic nitrogens is 3. The van der Waals surface area contributed by atoms with Gasteiger partial charge in [-0.05, 0) is 42.6 Å². The molecule has 1 saturated carbocycles. The molecule has 1 saturated heterocycles. The molecule has 2 fully saturated rings. The number of rotatable bonds is 6. The summed E-state index contributed by atoms with van der Waals surface area (Å²) in [7, 11) is 1.68. The van der Waals surface area contributed by atoms with Gasteiger partial charge in [-0.25, -0.2) is 4.52 Å². The van der Waals surface area contributed by atoms with E-state index < -0.39 is 0 Å². The molecular formula is C20H23N5O4. The number of pyridine rings is 1. The number of anilines is 1. The van der Waals surface area contributed by atoms with Crippen molar-refractivity contribution in [1.82, 2.24) is 20.1 Å². The van der Waals surface area contributed by atoms with E-state index in [1.807, 2.05) is 31.3 Å². The first-order chi connectivity index (χ1) is 14.1. The summed E-state index contributed by atoms with van der Waals surface area (Å²) < 4.78 is 18.7. The van der Waals surface area contributed by atoms with Gasteiger partial charge in [0.05, 0.1) is 11.1 Å². The Hall–Kier alpha value is -2.91. The topological polar surface area (TPSA) is 103 Å². The van der Waals surface area contributed by atoms with Gasteiger partial charge in [-0.1, -0.05) is 0 Å². The highest BCUT2D eigenvalue weighted by Crippen LogP contribution is 2.35. The molecule has 29 heavy (non-hydrogen) atoms. The highest BCUT2D eigenvalue weighted by molar-refractivity contribution is 5.93. The summed E-state index contributed by atoms with van der Waals surface area (Å²) in [5.74, 6) is 1.85. The third-order valence-electron chi connectivity index (χ3n) is 5.45. The van der Waals surface area contributed by atoms with Gasteiger partial charge in [0.15, 0.2) is 5.82 Å². The van der Waals surface area contributed by atoms with Crippen molar-refractivity contribution >= 4 is 17.2 Å². The highest BCUT2D eigenvalue weighted by Gasteiger charge is 2.31. The molecule has 4 heterocycles. The Labute approximate surface area is 167 Å². The lowest BCUT2D eigenvalue weighted by molar-refractivity contribution is -0.117. The van der Waals surface area contributed by atoms with Gasteiger partial charge in [-0.3, -0.25) is 4.79 Å². The van der Waals surface area contributed by atoms with Crippen LogP contribution < -0.4 is 15.4 Å². The Kier molecular flexibility index (Phi) is 4.48. The summed E-state index contributed by atoms with van der Waals surface area (Å²) in [4.78, 5) is 12.0. The first kappa shape index (κ1) is 18.1. The lowest BCUT2D eigenvalue weighted by Crippen LogP contribution is -2.31. The van der Waals surface area contributed by atoms with E-state index in [0.29, 0.717) is 24.0 Å². The van der Waals surface area contributed by atoms with Gasteiger partial charge in [0.1, 0.15) is 18.0 Å². The van der Waals surface area contributed by atoms with Crippen molar-refractivity contribution in [2.24, 2.45) is 5.92 Å². The van der Waals surface area contributed by atoms with Gasteiger partial charge >= 0.3 is 0 Å². The third-order valence-corrected chi connectivity index (χ3v) is 5.45. The van der Waals surface area contributed by atoms with Crippen LogP contribution in [0.2, 0.25) is 0 Å². The van der Waals surface area contributed by atoms with Crippen molar-refractivity contribution in [2.45, 2.75) is 32.0 Å². The molecular weight excluding hydrogens is 374 g/mol. The minimum atomic E-state index is -0.133. The van der Waals surface area contributed by atoms with Crippen molar-refractivity contribution in [3.05, 3.63) is 30.2 Å². The Morgan fingerprint density at radius 3 is 2.93 bits per heavy atom. The molecule has 1 amide bonds. The van der Waals surface area contributed by atoms with E-state index in [2.05, 4.69) is 20.9 Å². The number of methoxy groups -OCH3 is 1. The zero-order chi connectivity index (χ0) is 20.0. The Bertz CT molecular complexity index is 1050. The molecule has 1 aliphatic carbocycles. The number of fused-ring (bicyclic) bond motifs is 1. The summed E-state index contributed by atoms with van der Waals surface area (Å²) in [6.45, 7) is 3.29. The normalized spacial score (nSPS) is 21.6. The van der Waals surface area contributed by atoms with Crippen LogP contribution in [0.15, 0.2) is 28.9 Å². The van der Waals surface area contributed by atoms with Crippen LogP contribution in [-0.4, -0.2) is 53.1 Å². The summed E-state index contributed by atoms with van der Waals surface area (Å²) in [5.41, 5.74) is 2.57. The zero-order valence-corrected chi connectivity index (χ0v) is 16.3. The molecule has 9 nitrogen and oxygen atoms in total. The largest absolute Gasteiger partial charge is 0.468 e. The molecule has 5 rings (SSSR count). The van der Waals surface area contributed by atoms with E-state index in [4.69, 9.17) is 14.0 Å². The minimum absolute atomic E-state index is 0.0326. The second kappa shape index (κ2) is 7.16. The van der Waals surface area contributed by atoms with Crippen LogP contribution in [0, 0.1) is 12.8 Å². The van der Waals surface area contributed by atoms with Gasteiger partial charge in [0, 0.05) is 38.4 Å². The predicted molar refractivity (Wildman–Crippen MR) is 105 cm³/mol. The van der Waals surface area contributed by atoms with Crippen LogP contribution in [0.3, 0.4) is 0 Å². The maximum absolute atomic E-state index is 12.0. The SMILES string of the molecule is CO[C@H]1CNC[C@H]1Oc1noc(C)c1-c1ccn2nc(NC(=O)C3CC3)cc2c1. The van der Waals surface area contributed by atoms with Crippen LogP contribution >= 0.6 is 0 Å². The average Bonchev–Trinajstić information content (AvgIpc) is 3.19. The minimum Gasteiger partial charge on any atom is -0.468 e. The quantitative estimate of drug-likeness (QED) is 0.656. The van der Waals surface area contributed by atoms with E-state index in [-0.39, 0.29) is 24.0 Å². The van der Waals surface area contributed by atoms with E-state index in [1.165, 1.54) is 0 Å². The van der Waals surface area contributed by atoms with Crippen molar-refractivity contribution < 1.29 is 18.8 Å². The van der Waals surface area contributed by atoms with Crippen LogP contribution in [-0.2, 0) is 9.53 Å². The molecule has 2 aliphatic rings. The second-order valence-corrected chi connectivity index (χ2v) is 7.59. The molecule has 2 atom stereocenters. The van der Waals surface area contributed by atoms with Crippen molar-refractivity contribution in [1.29, 1.82) is 0 Å². The van der Waals surface area contributed by atoms with Crippen LogP contribution in [0.1, 0.15) is 18.6 Å². The Balaban J connectivity index is 1.42. The van der Waals surface area contributed by atoms with E-state index in [0.717, 1.165) is 36.0 Å². The fourth-order valence-corrected chi connectivity index (χ4v) is 3.67. The number of hydrogen-bond donors (Lipinski definition) is 2. The van der Waals surface area contributed by atoms with E-state index in [1.54, 1.807) is 11.6 Å². The molecule has 0 unspecified atom stereocenters. The Morgan fingerprint density at radius 2 is 2.14 bits per heavy atom. The van der Waals surface area contributed by atoms with Crippen LogP contribution in [0.5, 0.6) is 5.88 Å². The number of ether oxygens (including phenoxy) is 2. The fraction of sp³-hybridized carbons (Fsp3) is 0.450. The Morgan fingerprint density at radius 1 is 1.31 bits per heavy atom. The molecule has 1 aliphatic heterocycles. The van der Waals surface area contributed by atoms with Crippen molar-refractivity contribution in [2.75, 3.05) is 25.5 Å². The maximum Gasteiger partial charge on any atom is 0.262 e. The van der Waals surface area contributed by atoms with Crippen LogP contribution in [0.4, 0.5) is 5.82 Å². The molecule has 0 bridgehead atoms. The number of nitrogens with one attached hydrogen (secondary N) is 2. The molecule has 3 aromatic rings.